The molecule has 1 amide bonds. The van der Waals surface area contributed by atoms with Gasteiger partial charge in [-0.2, -0.15) is 0 Å². The highest BCUT2D eigenvalue weighted by atomic mass is 19.1. The van der Waals surface area contributed by atoms with Crippen LogP contribution in [0.1, 0.15) is 25.5 Å². The lowest BCUT2D eigenvalue weighted by Gasteiger charge is -2.19. The van der Waals surface area contributed by atoms with E-state index in [1.54, 1.807) is 44.6 Å². The summed E-state index contributed by atoms with van der Waals surface area (Å²) < 4.78 is 23.6. The Kier molecular flexibility index (Phi) is 6.97. The van der Waals surface area contributed by atoms with Gasteiger partial charge in [0.15, 0.2) is 6.54 Å². The molecule has 2 aromatic rings. The van der Waals surface area contributed by atoms with Crippen LogP contribution in [0.25, 0.3) is 0 Å². The monoisotopic (exact) mass is 361 g/mol. The number of ether oxygens (including phenoxy) is 2. The predicted octanol–water partition coefficient (Wildman–Crippen LogP) is 2.74. The van der Waals surface area contributed by atoms with Crippen molar-refractivity contribution in [2.24, 2.45) is 5.92 Å². The number of methoxy groups -OCH3 is 2. The fraction of sp³-hybridized carbons (Fsp3) is 0.350. The molecule has 0 aromatic heterocycles. The van der Waals surface area contributed by atoms with Crippen LogP contribution in [0.5, 0.6) is 11.5 Å². The smallest absolute Gasteiger partial charge is 0.279 e. The van der Waals surface area contributed by atoms with E-state index in [1.165, 1.54) is 12.1 Å². The van der Waals surface area contributed by atoms with Crippen molar-refractivity contribution in [3.63, 3.8) is 0 Å². The average molecular weight is 361 g/mol. The molecule has 6 heteroatoms. The van der Waals surface area contributed by atoms with Gasteiger partial charge in [0.25, 0.3) is 5.91 Å². The Morgan fingerprint density at radius 3 is 2.38 bits per heavy atom. The zero-order chi connectivity index (χ0) is 19.1. The number of benzene rings is 2. The third-order valence-corrected chi connectivity index (χ3v) is 4.21. The van der Waals surface area contributed by atoms with Gasteiger partial charge in [-0.3, -0.25) is 4.79 Å². The first-order chi connectivity index (χ1) is 12.4. The first-order valence-corrected chi connectivity index (χ1v) is 8.55. The number of hydrogen-bond donors (Lipinski definition) is 2. The van der Waals surface area contributed by atoms with Crippen molar-refractivity contribution in [2.45, 2.75) is 19.9 Å². The van der Waals surface area contributed by atoms with E-state index < -0.39 is 0 Å². The van der Waals surface area contributed by atoms with Crippen molar-refractivity contribution >= 4 is 11.6 Å². The van der Waals surface area contributed by atoms with Gasteiger partial charge in [-0.25, -0.2) is 4.39 Å². The normalized spacial score (nSPS) is 11.9. The van der Waals surface area contributed by atoms with Gasteiger partial charge in [0, 0.05) is 17.5 Å². The second-order valence-corrected chi connectivity index (χ2v) is 6.38. The van der Waals surface area contributed by atoms with E-state index in [-0.39, 0.29) is 24.3 Å². The molecule has 0 spiro atoms. The number of rotatable bonds is 8. The summed E-state index contributed by atoms with van der Waals surface area (Å²) in [5, 5.41) is 4.82. The van der Waals surface area contributed by atoms with Gasteiger partial charge < -0.3 is 20.1 Å². The molecule has 0 bridgehead atoms. The predicted molar refractivity (Wildman–Crippen MR) is 98.9 cm³/mol. The number of carbonyl (C=O) groups is 1. The molecule has 0 heterocycles. The van der Waals surface area contributed by atoms with E-state index in [0.29, 0.717) is 23.1 Å². The standard InChI is InChI=1S/C20H25FN2O3/c1-13(2)20(14-5-7-15(21)8-6-14)22-12-19(24)23-17-10-9-16(25-3)11-18(17)26-4/h5-11,13,20,22H,12H2,1-4H3,(H,23,24)/p+1/t20-/m1/s1. The Morgan fingerprint density at radius 1 is 1.12 bits per heavy atom. The maximum atomic E-state index is 13.1. The van der Waals surface area contributed by atoms with E-state index in [1.807, 2.05) is 5.32 Å². The van der Waals surface area contributed by atoms with Crippen LogP contribution in [0.4, 0.5) is 10.1 Å². The molecule has 0 saturated carbocycles. The molecular weight excluding hydrogens is 335 g/mol. The summed E-state index contributed by atoms with van der Waals surface area (Å²) in [4.78, 5) is 12.4. The Labute approximate surface area is 153 Å². The number of nitrogens with one attached hydrogen (secondary N) is 1. The van der Waals surface area contributed by atoms with E-state index in [2.05, 4.69) is 19.2 Å². The van der Waals surface area contributed by atoms with Crippen LogP contribution in [0.3, 0.4) is 0 Å². The van der Waals surface area contributed by atoms with Gasteiger partial charge in [-0.15, -0.1) is 0 Å². The number of anilines is 1. The molecule has 0 aliphatic carbocycles. The van der Waals surface area contributed by atoms with Crippen LogP contribution in [-0.2, 0) is 4.79 Å². The Bertz CT molecular complexity index is 732. The van der Waals surface area contributed by atoms with Crippen molar-refractivity contribution in [3.8, 4) is 11.5 Å². The van der Waals surface area contributed by atoms with Crippen LogP contribution in [0.15, 0.2) is 42.5 Å². The number of carbonyl (C=O) groups excluding carboxylic acids is 1. The minimum atomic E-state index is -0.263. The summed E-state index contributed by atoms with van der Waals surface area (Å²) >= 11 is 0. The maximum absolute atomic E-state index is 13.1. The molecule has 3 N–H and O–H groups in total. The summed E-state index contributed by atoms with van der Waals surface area (Å²) in [7, 11) is 3.11. The van der Waals surface area contributed by atoms with Gasteiger partial charge in [0.05, 0.1) is 19.9 Å². The summed E-state index contributed by atoms with van der Waals surface area (Å²) in [6.45, 7) is 4.40. The van der Waals surface area contributed by atoms with Gasteiger partial charge in [-0.1, -0.05) is 26.0 Å². The third-order valence-electron chi connectivity index (χ3n) is 4.21. The van der Waals surface area contributed by atoms with E-state index in [4.69, 9.17) is 9.47 Å². The van der Waals surface area contributed by atoms with Crippen LogP contribution < -0.4 is 20.1 Å². The SMILES string of the molecule is COc1ccc(NC(=O)C[NH2+][C@@H](c2ccc(F)cc2)C(C)C)c(OC)c1. The number of nitrogens with two attached hydrogens (primary N) is 1. The highest BCUT2D eigenvalue weighted by molar-refractivity contribution is 5.93. The number of halogens is 1. The van der Waals surface area contributed by atoms with Crippen LogP contribution in [-0.4, -0.2) is 26.7 Å². The lowest BCUT2D eigenvalue weighted by atomic mass is 9.96. The highest BCUT2D eigenvalue weighted by Gasteiger charge is 2.21. The van der Waals surface area contributed by atoms with Gasteiger partial charge in [0.1, 0.15) is 23.4 Å². The van der Waals surface area contributed by atoms with E-state index >= 15 is 0 Å². The van der Waals surface area contributed by atoms with Crippen molar-refractivity contribution in [3.05, 3.63) is 53.8 Å². The Morgan fingerprint density at radius 2 is 1.81 bits per heavy atom. The number of quaternary nitrogens is 1. The van der Waals surface area contributed by atoms with Crippen molar-refractivity contribution < 1.29 is 24.0 Å². The fourth-order valence-electron chi connectivity index (χ4n) is 2.82. The largest absolute Gasteiger partial charge is 0.497 e. The van der Waals surface area contributed by atoms with Crippen LogP contribution in [0.2, 0.25) is 0 Å². The van der Waals surface area contributed by atoms with Crippen LogP contribution in [0, 0.1) is 11.7 Å². The molecule has 140 valence electrons. The van der Waals surface area contributed by atoms with Gasteiger partial charge in [-0.05, 0) is 24.3 Å². The number of hydrogen-bond acceptors (Lipinski definition) is 3. The molecule has 0 aliphatic heterocycles. The topological polar surface area (TPSA) is 64.2 Å². The molecule has 0 aliphatic rings. The summed E-state index contributed by atoms with van der Waals surface area (Å²) in [5.74, 6) is 1.09. The molecule has 1 atom stereocenters. The van der Waals surface area contributed by atoms with Gasteiger partial charge in [0.2, 0.25) is 0 Å². The van der Waals surface area contributed by atoms with E-state index in [9.17, 15) is 9.18 Å². The third kappa shape index (κ3) is 5.20. The quantitative estimate of drug-likeness (QED) is 0.760. The molecule has 0 radical (unpaired) electrons. The highest BCUT2D eigenvalue weighted by Crippen LogP contribution is 2.28. The van der Waals surface area contributed by atoms with E-state index in [0.717, 1.165) is 5.56 Å². The lowest BCUT2D eigenvalue weighted by molar-refractivity contribution is -0.692. The molecule has 0 fully saturated rings. The minimum absolute atomic E-state index is 0.0686. The molecular formula is C20H26FN2O3+. The van der Waals surface area contributed by atoms with Crippen molar-refractivity contribution in [1.29, 1.82) is 0 Å². The zero-order valence-electron chi connectivity index (χ0n) is 15.6. The Balaban J connectivity index is 2.01. The minimum Gasteiger partial charge on any atom is -0.497 e. The molecule has 26 heavy (non-hydrogen) atoms. The summed E-state index contributed by atoms with van der Waals surface area (Å²) in [5.41, 5.74) is 1.59. The molecule has 5 nitrogen and oxygen atoms in total. The Hall–Kier alpha value is -2.60. The lowest BCUT2D eigenvalue weighted by Crippen LogP contribution is -2.88. The molecule has 0 saturated heterocycles. The maximum Gasteiger partial charge on any atom is 0.279 e. The summed E-state index contributed by atoms with van der Waals surface area (Å²) in [6, 6.07) is 11.7. The summed E-state index contributed by atoms with van der Waals surface area (Å²) in [6.07, 6.45) is 0. The second kappa shape index (κ2) is 9.20. The molecule has 2 rings (SSSR count). The van der Waals surface area contributed by atoms with Crippen LogP contribution >= 0.6 is 0 Å². The van der Waals surface area contributed by atoms with Crippen molar-refractivity contribution in [2.75, 3.05) is 26.1 Å². The van der Waals surface area contributed by atoms with Crippen molar-refractivity contribution in [1.82, 2.24) is 0 Å². The van der Waals surface area contributed by atoms with Gasteiger partial charge >= 0.3 is 0 Å². The number of amides is 1. The first kappa shape index (κ1) is 19.7. The fourth-order valence-corrected chi connectivity index (χ4v) is 2.82. The molecule has 2 aromatic carbocycles. The average Bonchev–Trinajstić information content (AvgIpc) is 2.63. The second-order valence-electron chi connectivity index (χ2n) is 6.38. The zero-order valence-corrected chi connectivity index (χ0v) is 15.6. The first-order valence-electron chi connectivity index (χ1n) is 8.55. The molecule has 0 unspecified atom stereocenters.